The molecule has 6 nitrogen and oxygen atoms in total. The summed E-state index contributed by atoms with van der Waals surface area (Å²) in [6.45, 7) is 1.33. The second-order valence-corrected chi connectivity index (χ2v) is 8.29. The van der Waals surface area contributed by atoms with Gasteiger partial charge in [-0.15, -0.1) is 0 Å². The molecule has 1 aliphatic carbocycles. The van der Waals surface area contributed by atoms with Gasteiger partial charge in [0.1, 0.15) is 23.3 Å². The second-order valence-electron chi connectivity index (χ2n) is 8.29. The lowest BCUT2D eigenvalue weighted by Crippen LogP contribution is -2.46. The van der Waals surface area contributed by atoms with Crippen molar-refractivity contribution in [1.82, 2.24) is 10.2 Å². The third kappa shape index (κ3) is 4.45. The molecule has 0 unspecified atom stereocenters. The topological polar surface area (TPSA) is 78.9 Å². The number of hydrogen-bond donors (Lipinski definition) is 2. The van der Waals surface area contributed by atoms with Gasteiger partial charge in [-0.05, 0) is 61.1 Å². The summed E-state index contributed by atoms with van der Waals surface area (Å²) in [7, 11) is 0. The Balaban J connectivity index is 1.44. The number of nitrogens with zero attached hydrogens (tertiary/aromatic N) is 1. The summed E-state index contributed by atoms with van der Waals surface area (Å²) >= 11 is 0. The maximum atomic E-state index is 13.3. The molecular weight excluding hydrogens is 406 g/mol. The molecule has 1 aliphatic heterocycles. The maximum Gasteiger partial charge on any atom is 0.325 e. The number of carbonyl (C=O) groups excluding carboxylic acids is 2. The number of rotatable bonds is 8. The van der Waals surface area contributed by atoms with E-state index in [1.807, 2.05) is 0 Å². The maximum absolute atomic E-state index is 13.3. The van der Waals surface area contributed by atoms with Gasteiger partial charge in [-0.1, -0.05) is 24.3 Å². The van der Waals surface area contributed by atoms with Gasteiger partial charge >= 0.3 is 6.03 Å². The molecule has 31 heavy (non-hydrogen) atoms. The van der Waals surface area contributed by atoms with Gasteiger partial charge in [0.25, 0.3) is 5.91 Å². The first-order chi connectivity index (χ1) is 14.8. The quantitative estimate of drug-likeness (QED) is 0.631. The normalized spacial score (nSPS) is 22.2. The van der Waals surface area contributed by atoms with Crippen molar-refractivity contribution >= 4 is 11.9 Å². The van der Waals surface area contributed by atoms with E-state index in [2.05, 4.69) is 5.32 Å². The lowest BCUT2D eigenvalue weighted by molar-refractivity contribution is -0.132. The highest BCUT2D eigenvalue weighted by molar-refractivity contribution is 6.07. The molecule has 4 rings (SSSR count). The summed E-state index contributed by atoms with van der Waals surface area (Å²) in [6, 6.07) is 10.8. The zero-order chi connectivity index (χ0) is 22.2. The number of urea groups is 1. The lowest BCUT2D eigenvalue weighted by Gasteiger charge is -2.24. The van der Waals surface area contributed by atoms with E-state index in [-0.39, 0.29) is 25.0 Å². The van der Waals surface area contributed by atoms with Crippen molar-refractivity contribution in [1.29, 1.82) is 0 Å². The summed E-state index contributed by atoms with van der Waals surface area (Å²) in [4.78, 5) is 26.0. The highest BCUT2D eigenvalue weighted by Crippen LogP contribution is 2.42. The fourth-order valence-corrected chi connectivity index (χ4v) is 3.95. The number of hydrogen-bond acceptors (Lipinski definition) is 4. The lowest BCUT2D eigenvalue weighted by atomic mass is 9.96. The Hall–Kier alpha value is -2.84. The van der Waals surface area contributed by atoms with E-state index in [9.17, 15) is 23.5 Å². The zero-order valence-electron chi connectivity index (χ0n) is 17.1. The second kappa shape index (κ2) is 8.36. The average molecular weight is 430 g/mol. The van der Waals surface area contributed by atoms with Gasteiger partial charge in [-0.3, -0.25) is 9.69 Å². The molecule has 2 fully saturated rings. The van der Waals surface area contributed by atoms with Crippen LogP contribution in [0.3, 0.4) is 0 Å². The van der Waals surface area contributed by atoms with E-state index in [0.29, 0.717) is 11.1 Å². The molecule has 1 saturated heterocycles. The van der Waals surface area contributed by atoms with E-state index in [0.717, 1.165) is 17.7 Å². The van der Waals surface area contributed by atoms with Gasteiger partial charge in [0, 0.05) is 0 Å². The Bertz CT molecular complexity index is 917. The van der Waals surface area contributed by atoms with Crippen LogP contribution >= 0.6 is 0 Å². The minimum Gasteiger partial charge on any atom is -0.389 e. The number of benzene rings is 2. The number of ether oxygens (including phenoxy) is 1. The zero-order valence-corrected chi connectivity index (χ0v) is 17.1. The van der Waals surface area contributed by atoms with Gasteiger partial charge in [0.2, 0.25) is 0 Å². The highest BCUT2D eigenvalue weighted by Gasteiger charge is 2.56. The largest absolute Gasteiger partial charge is 0.389 e. The summed E-state index contributed by atoms with van der Waals surface area (Å²) in [5, 5.41) is 13.2. The van der Waals surface area contributed by atoms with Gasteiger partial charge < -0.3 is 15.2 Å². The molecule has 2 N–H and O–H groups in total. The molecule has 2 aliphatic rings. The highest BCUT2D eigenvalue weighted by atomic mass is 19.1. The third-order valence-electron chi connectivity index (χ3n) is 5.89. The molecule has 2 aromatic rings. The SMILES string of the molecule is C[C@@]1(C2CC2)NC(=O)N(C[C@H](O)COC(c2ccc(F)cc2)c2ccc(F)cc2)C1=O. The molecule has 0 bridgehead atoms. The summed E-state index contributed by atoms with van der Waals surface area (Å²) < 4.78 is 32.6. The Morgan fingerprint density at radius 1 is 1.06 bits per heavy atom. The predicted octanol–water partition coefficient (Wildman–Crippen LogP) is 3.15. The molecular formula is C23H24F2N2O4. The number of imide groups is 1. The first-order valence-electron chi connectivity index (χ1n) is 10.2. The van der Waals surface area contributed by atoms with E-state index < -0.39 is 35.4 Å². The minimum atomic E-state index is -1.13. The van der Waals surface area contributed by atoms with E-state index >= 15 is 0 Å². The Kier molecular flexibility index (Phi) is 5.77. The van der Waals surface area contributed by atoms with E-state index in [1.165, 1.54) is 24.3 Å². The average Bonchev–Trinajstić information content (AvgIpc) is 3.57. The molecule has 2 aromatic carbocycles. The Morgan fingerprint density at radius 3 is 2.06 bits per heavy atom. The standard InChI is InChI=1S/C23H24F2N2O4/c1-23(16-6-7-16)21(29)27(22(30)26-23)12-19(28)13-31-20(14-2-8-17(24)9-3-14)15-4-10-18(25)11-5-15/h2-5,8-11,16,19-20,28H,6-7,12-13H2,1H3,(H,26,30)/t19-,23-/m0/s1. The van der Waals surface area contributed by atoms with Crippen LogP contribution in [0, 0.1) is 17.6 Å². The van der Waals surface area contributed by atoms with Crippen molar-refractivity contribution in [3.05, 3.63) is 71.3 Å². The Morgan fingerprint density at radius 2 is 1.58 bits per heavy atom. The van der Waals surface area contributed by atoms with E-state index in [1.54, 1.807) is 31.2 Å². The van der Waals surface area contributed by atoms with Crippen LogP contribution in [0.2, 0.25) is 0 Å². The first kappa shape index (κ1) is 21.4. The molecule has 0 aromatic heterocycles. The number of amides is 3. The van der Waals surface area contributed by atoms with Crippen LogP contribution in [0.4, 0.5) is 13.6 Å². The predicted molar refractivity (Wildman–Crippen MR) is 108 cm³/mol. The molecule has 164 valence electrons. The third-order valence-corrected chi connectivity index (χ3v) is 5.89. The molecule has 3 amide bonds. The van der Waals surface area contributed by atoms with Crippen molar-refractivity contribution in [2.75, 3.05) is 13.2 Å². The summed E-state index contributed by atoms with van der Waals surface area (Å²) in [6.07, 6.45) is -0.0340. The molecule has 0 spiro atoms. The molecule has 0 radical (unpaired) electrons. The van der Waals surface area contributed by atoms with Crippen LogP contribution in [0.1, 0.15) is 37.0 Å². The van der Waals surface area contributed by atoms with Gasteiger partial charge in [-0.25, -0.2) is 13.6 Å². The fourth-order valence-electron chi connectivity index (χ4n) is 3.95. The van der Waals surface area contributed by atoms with Crippen LogP contribution in [-0.2, 0) is 9.53 Å². The van der Waals surface area contributed by atoms with Crippen LogP contribution in [0.5, 0.6) is 0 Å². The molecule has 8 heteroatoms. The van der Waals surface area contributed by atoms with E-state index in [4.69, 9.17) is 4.74 Å². The summed E-state index contributed by atoms with van der Waals surface area (Å²) in [5.41, 5.74) is 0.329. The number of carbonyl (C=O) groups is 2. The molecule has 2 atom stereocenters. The van der Waals surface area contributed by atoms with Gasteiger partial charge in [0.05, 0.1) is 19.3 Å². The van der Waals surface area contributed by atoms with Gasteiger partial charge in [0.15, 0.2) is 0 Å². The van der Waals surface area contributed by atoms with Crippen molar-refractivity contribution in [3.63, 3.8) is 0 Å². The van der Waals surface area contributed by atoms with Crippen LogP contribution < -0.4 is 5.32 Å². The van der Waals surface area contributed by atoms with Crippen molar-refractivity contribution in [2.45, 2.75) is 37.5 Å². The minimum absolute atomic E-state index is 0.128. The van der Waals surface area contributed by atoms with Gasteiger partial charge in [-0.2, -0.15) is 0 Å². The van der Waals surface area contributed by atoms with Crippen molar-refractivity contribution in [2.24, 2.45) is 5.92 Å². The first-order valence-corrected chi connectivity index (χ1v) is 10.2. The number of halogens is 2. The number of β-amino-alcohol motifs (C(OH)–C–C–N with tert-alkyl or cyclic N) is 1. The Labute approximate surface area is 178 Å². The molecule has 1 saturated carbocycles. The number of nitrogens with one attached hydrogen (secondary N) is 1. The fraction of sp³-hybridized carbons (Fsp3) is 0.391. The monoisotopic (exact) mass is 430 g/mol. The smallest absolute Gasteiger partial charge is 0.325 e. The summed E-state index contributed by atoms with van der Waals surface area (Å²) in [5.74, 6) is -1.02. The van der Waals surface area contributed by atoms with Crippen LogP contribution in [-0.4, -0.2) is 46.7 Å². The van der Waals surface area contributed by atoms with Crippen LogP contribution in [0.25, 0.3) is 0 Å². The van der Waals surface area contributed by atoms with Crippen molar-refractivity contribution in [3.8, 4) is 0 Å². The van der Waals surface area contributed by atoms with Crippen molar-refractivity contribution < 1.29 is 28.2 Å². The van der Waals surface area contributed by atoms with Crippen LogP contribution in [0.15, 0.2) is 48.5 Å². The molecule has 1 heterocycles. The number of aliphatic hydroxyl groups is 1. The number of aliphatic hydroxyl groups excluding tert-OH is 1.